The molecule has 1 aliphatic heterocycles. The Morgan fingerprint density at radius 2 is 1.79 bits per heavy atom. The first-order valence-corrected chi connectivity index (χ1v) is 11.9. The van der Waals surface area contributed by atoms with E-state index in [1.807, 2.05) is 31.3 Å². The molecule has 0 saturated carbocycles. The highest BCUT2D eigenvalue weighted by Gasteiger charge is 2.42. The molecule has 0 aliphatic carbocycles. The summed E-state index contributed by atoms with van der Waals surface area (Å²) < 4.78 is 2.22. The molecule has 0 radical (unpaired) electrons. The highest BCUT2D eigenvalue weighted by molar-refractivity contribution is 7.80. The maximum atomic E-state index is 6.31. The van der Waals surface area contributed by atoms with Crippen LogP contribution in [0.3, 0.4) is 0 Å². The summed E-state index contributed by atoms with van der Waals surface area (Å²) in [5.74, 6) is 0. The minimum atomic E-state index is -0.0911. The van der Waals surface area contributed by atoms with E-state index in [1.54, 1.807) is 0 Å². The zero-order valence-electron chi connectivity index (χ0n) is 18.6. The van der Waals surface area contributed by atoms with Gasteiger partial charge in [-0.15, -0.1) is 0 Å². The number of aryl methyl sites for hydroxylation is 2. The molecule has 4 aromatic rings. The van der Waals surface area contributed by atoms with Gasteiger partial charge in [0.05, 0.1) is 11.7 Å². The largest absolute Gasteiger partial charge is 0.351 e. The standard InChI is InChI=1S/C27H25ClN4S/c1-3-19-9-11-20(12-10-19)32-26(25(30-27(32)33)23-7-4-5-15-29-23)24-8-6-16-31(24)21-13-14-22(28)18(2)17-21/h4-17,25-26H,3H2,1-2H3,(H,30,33)/t25-,26+/m1/s1. The van der Waals surface area contributed by atoms with Crippen molar-refractivity contribution >= 4 is 34.6 Å². The van der Waals surface area contributed by atoms with E-state index in [0.717, 1.165) is 39.8 Å². The summed E-state index contributed by atoms with van der Waals surface area (Å²) in [6.45, 7) is 4.19. The van der Waals surface area contributed by atoms with E-state index in [-0.39, 0.29) is 12.1 Å². The van der Waals surface area contributed by atoms with Crippen LogP contribution in [0.1, 0.15) is 41.5 Å². The lowest BCUT2D eigenvalue weighted by atomic mass is 10.0. The predicted molar refractivity (Wildman–Crippen MR) is 139 cm³/mol. The molecule has 166 valence electrons. The summed E-state index contributed by atoms with van der Waals surface area (Å²) in [4.78, 5) is 6.87. The molecule has 3 heterocycles. The molecular formula is C27H25ClN4S. The Hall–Kier alpha value is -3.15. The van der Waals surface area contributed by atoms with E-state index in [1.165, 1.54) is 5.56 Å². The second-order valence-electron chi connectivity index (χ2n) is 8.25. The van der Waals surface area contributed by atoms with Gasteiger partial charge in [-0.2, -0.15) is 0 Å². The first-order chi connectivity index (χ1) is 16.1. The van der Waals surface area contributed by atoms with E-state index < -0.39 is 0 Å². The van der Waals surface area contributed by atoms with Crippen molar-refractivity contribution in [1.82, 2.24) is 14.9 Å². The third kappa shape index (κ3) is 4.03. The molecule has 1 saturated heterocycles. The molecule has 1 fully saturated rings. The Labute approximate surface area is 204 Å². The number of rotatable bonds is 5. The zero-order chi connectivity index (χ0) is 22.9. The maximum absolute atomic E-state index is 6.31. The normalized spacial score (nSPS) is 17.9. The van der Waals surface area contributed by atoms with Crippen molar-refractivity contribution in [3.8, 4) is 5.69 Å². The average molecular weight is 473 g/mol. The van der Waals surface area contributed by atoms with Gasteiger partial charge in [0.2, 0.25) is 0 Å². The number of aromatic nitrogens is 2. The number of benzene rings is 2. The van der Waals surface area contributed by atoms with Gasteiger partial charge in [-0.1, -0.05) is 36.7 Å². The molecule has 0 amide bonds. The lowest BCUT2D eigenvalue weighted by molar-refractivity contribution is 0.549. The molecule has 0 spiro atoms. The van der Waals surface area contributed by atoms with Crippen molar-refractivity contribution in [2.24, 2.45) is 0 Å². The molecule has 0 bridgehead atoms. The smallest absolute Gasteiger partial charge is 0.174 e. The minimum absolute atomic E-state index is 0.0779. The maximum Gasteiger partial charge on any atom is 0.174 e. The number of nitrogens with zero attached hydrogens (tertiary/aromatic N) is 3. The molecule has 1 aliphatic rings. The summed E-state index contributed by atoms with van der Waals surface area (Å²) in [6.07, 6.45) is 4.92. The number of halogens is 1. The van der Waals surface area contributed by atoms with E-state index in [4.69, 9.17) is 23.8 Å². The van der Waals surface area contributed by atoms with Crippen LogP contribution in [-0.4, -0.2) is 14.7 Å². The van der Waals surface area contributed by atoms with Crippen molar-refractivity contribution < 1.29 is 0 Å². The fourth-order valence-electron chi connectivity index (χ4n) is 4.47. The molecule has 2 aromatic heterocycles. The first-order valence-electron chi connectivity index (χ1n) is 11.1. The predicted octanol–water partition coefficient (Wildman–Crippen LogP) is 6.57. The van der Waals surface area contributed by atoms with Crippen LogP contribution in [-0.2, 0) is 6.42 Å². The van der Waals surface area contributed by atoms with Gasteiger partial charge < -0.3 is 14.8 Å². The van der Waals surface area contributed by atoms with Crippen LogP contribution in [0.15, 0.2) is 85.2 Å². The van der Waals surface area contributed by atoms with Gasteiger partial charge in [0.1, 0.15) is 6.04 Å². The Bertz CT molecular complexity index is 1280. The SMILES string of the molecule is CCc1ccc(N2C(=S)N[C@H](c3ccccn3)[C@@H]2c2cccn2-c2ccc(Cl)c(C)c2)cc1. The van der Waals surface area contributed by atoms with Crippen LogP contribution in [0.25, 0.3) is 5.69 Å². The zero-order valence-corrected chi connectivity index (χ0v) is 20.1. The minimum Gasteiger partial charge on any atom is -0.351 e. The van der Waals surface area contributed by atoms with Gasteiger partial charge in [0.25, 0.3) is 0 Å². The Balaban J connectivity index is 1.65. The van der Waals surface area contributed by atoms with Crippen molar-refractivity contribution in [3.63, 3.8) is 0 Å². The monoisotopic (exact) mass is 472 g/mol. The first kappa shape index (κ1) is 21.7. The molecule has 5 rings (SSSR count). The summed E-state index contributed by atoms with van der Waals surface area (Å²) in [5.41, 5.74) is 6.55. The molecule has 2 atom stereocenters. The van der Waals surface area contributed by atoms with E-state index >= 15 is 0 Å². The van der Waals surface area contributed by atoms with Crippen LogP contribution in [0.4, 0.5) is 5.69 Å². The second kappa shape index (κ2) is 9.00. The number of thiocarbonyl (C=S) groups is 1. The van der Waals surface area contributed by atoms with Gasteiger partial charge in [0.15, 0.2) is 5.11 Å². The van der Waals surface area contributed by atoms with Gasteiger partial charge in [-0.25, -0.2) is 0 Å². The summed E-state index contributed by atoms with van der Waals surface area (Å²) >= 11 is 12.2. The molecule has 0 unspecified atom stereocenters. The molecule has 1 N–H and O–H groups in total. The summed E-state index contributed by atoms with van der Waals surface area (Å²) in [6, 6.07) is 24.8. The number of hydrogen-bond donors (Lipinski definition) is 1. The molecule has 2 aromatic carbocycles. The Kier molecular flexibility index (Phi) is 5.92. The van der Waals surface area contributed by atoms with Crippen molar-refractivity contribution in [3.05, 3.63) is 113 Å². The summed E-state index contributed by atoms with van der Waals surface area (Å²) in [5, 5.41) is 5.00. The lowest BCUT2D eigenvalue weighted by Crippen LogP contribution is -2.30. The average Bonchev–Trinajstić information content (AvgIpc) is 3.46. The highest BCUT2D eigenvalue weighted by atomic mass is 35.5. The molecular weight excluding hydrogens is 448 g/mol. The van der Waals surface area contributed by atoms with Gasteiger partial charge in [0, 0.05) is 34.5 Å². The number of nitrogens with one attached hydrogen (secondary N) is 1. The van der Waals surface area contributed by atoms with Crippen molar-refractivity contribution in [1.29, 1.82) is 0 Å². The van der Waals surface area contributed by atoms with Gasteiger partial charge >= 0.3 is 0 Å². The quantitative estimate of drug-likeness (QED) is 0.333. The molecule has 6 heteroatoms. The number of pyridine rings is 1. The van der Waals surface area contributed by atoms with Crippen LogP contribution in [0.5, 0.6) is 0 Å². The van der Waals surface area contributed by atoms with Crippen LogP contribution < -0.4 is 10.2 Å². The molecule has 4 nitrogen and oxygen atoms in total. The van der Waals surface area contributed by atoms with Gasteiger partial charge in [-0.05, 0) is 91.3 Å². The Morgan fingerprint density at radius 3 is 2.48 bits per heavy atom. The van der Waals surface area contributed by atoms with Crippen LogP contribution in [0, 0.1) is 6.92 Å². The number of hydrogen-bond acceptors (Lipinski definition) is 2. The fourth-order valence-corrected chi connectivity index (χ4v) is 4.94. The Morgan fingerprint density at radius 1 is 1.00 bits per heavy atom. The van der Waals surface area contributed by atoms with Crippen LogP contribution >= 0.6 is 23.8 Å². The van der Waals surface area contributed by atoms with E-state index in [0.29, 0.717) is 5.11 Å². The second-order valence-corrected chi connectivity index (χ2v) is 9.05. The van der Waals surface area contributed by atoms with Crippen molar-refractivity contribution in [2.45, 2.75) is 32.4 Å². The fraction of sp³-hybridized carbons (Fsp3) is 0.185. The third-order valence-corrected chi connectivity index (χ3v) is 6.96. The van der Waals surface area contributed by atoms with Gasteiger partial charge in [-0.3, -0.25) is 4.98 Å². The van der Waals surface area contributed by atoms with Crippen molar-refractivity contribution in [2.75, 3.05) is 4.90 Å². The third-order valence-electron chi connectivity index (χ3n) is 6.22. The lowest BCUT2D eigenvalue weighted by Gasteiger charge is -2.29. The highest BCUT2D eigenvalue weighted by Crippen LogP contribution is 2.42. The number of anilines is 1. The van der Waals surface area contributed by atoms with E-state index in [2.05, 4.69) is 87.5 Å². The summed E-state index contributed by atoms with van der Waals surface area (Å²) in [7, 11) is 0. The molecule has 33 heavy (non-hydrogen) atoms. The topological polar surface area (TPSA) is 33.1 Å². The van der Waals surface area contributed by atoms with Crippen LogP contribution in [0.2, 0.25) is 5.02 Å². The van der Waals surface area contributed by atoms with E-state index in [9.17, 15) is 0 Å².